The molecule has 21 heavy (non-hydrogen) atoms. The van der Waals surface area contributed by atoms with Gasteiger partial charge in [-0.3, -0.25) is 9.52 Å². The third-order valence-electron chi connectivity index (χ3n) is 2.59. The largest absolute Gasteiger partial charge is 0.454 e. The summed E-state index contributed by atoms with van der Waals surface area (Å²) in [7, 11) is -3.36. The Balaban J connectivity index is 2.66. The van der Waals surface area contributed by atoms with Crippen molar-refractivity contribution in [1.82, 2.24) is 0 Å². The Morgan fingerprint density at radius 2 is 1.67 bits per heavy atom. The summed E-state index contributed by atoms with van der Waals surface area (Å²) >= 11 is 0. The summed E-state index contributed by atoms with van der Waals surface area (Å²) in [5, 5.41) is 0. The molecule has 7 heteroatoms. The van der Waals surface area contributed by atoms with Crippen molar-refractivity contribution < 1.29 is 22.7 Å². The lowest BCUT2D eigenvalue weighted by Crippen LogP contribution is -2.26. The number of benzene rings is 1. The van der Waals surface area contributed by atoms with Crippen LogP contribution < -0.4 is 4.72 Å². The summed E-state index contributed by atoms with van der Waals surface area (Å²) in [4.78, 5) is 23.4. The Hall–Kier alpha value is -1.89. The van der Waals surface area contributed by atoms with Crippen LogP contribution in [0.25, 0.3) is 0 Å². The lowest BCUT2D eigenvalue weighted by molar-refractivity contribution is -0.129. The zero-order valence-corrected chi connectivity index (χ0v) is 13.3. The van der Waals surface area contributed by atoms with E-state index in [1.807, 2.05) is 0 Å². The molecule has 116 valence electrons. The second-order valence-electron chi connectivity index (χ2n) is 5.70. The van der Waals surface area contributed by atoms with E-state index in [2.05, 4.69) is 4.72 Å². The maximum absolute atomic E-state index is 11.8. The second-order valence-corrected chi connectivity index (χ2v) is 7.45. The van der Waals surface area contributed by atoms with Crippen molar-refractivity contribution in [2.24, 2.45) is 5.41 Å². The molecule has 0 fully saturated rings. The van der Waals surface area contributed by atoms with Gasteiger partial charge >= 0.3 is 5.97 Å². The second kappa shape index (κ2) is 6.26. The number of Topliss-reactive ketones (excluding diaryl/α,β-unsaturated/α-hetero) is 1. The highest BCUT2D eigenvalue weighted by Crippen LogP contribution is 2.15. The van der Waals surface area contributed by atoms with Gasteiger partial charge in [-0.2, -0.15) is 0 Å². The van der Waals surface area contributed by atoms with Crippen molar-refractivity contribution in [1.29, 1.82) is 0 Å². The standard InChI is InChI=1S/C14H19NO5S/c1-14(2,3)12(16)9-20-13(17)10-5-7-11(8-6-10)15-21(4,18)19/h5-8,15H,9H2,1-4H3. The SMILES string of the molecule is CC(C)(C)C(=O)COC(=O)c1ccc(NS(C)(=O)=O)cc1. The first kappa shape index (κ1) is 17.2. The molecule has 0 aliphatic carbocycles. The Morgan fingerprint density at radius 1 is 1.14 bits per heavy atom. The highest BCUT2D eigenvalue weighted by Gasteiger charge is 2.22. The number of hydrogen-bond acceptors (Lipinski definition) is 5. The summed E-state index contributed by atoms with van der Waals surface area (Å²) in [6.45, 7) is 4.95. The fourth-order valence-electron chi connectivity index (χ4n) is 1.32. The van der Waals surface area contributed by atoms with Gasteiger partial charge in [0.05, 0.1) is 11.8 Å². The van der Waals surface area contributed by atoms with Crippen LogP contribution in [0.1, 0.15) is 31.1 Å². The van der Waals surface area contributed by atoms with Crippen molar-refractivity contribution in [2.75, 3.05) is 17.6 Å². The van der Waals surface area contributed by atoms with E-state index in [-0.39, 0.29) is 18.0 Å². The van der Waals surface area contributed by atoms with Crippen molar-refractivity contribution in [3.05, 3.63) is 29.8 Å². The van der Waals surface area contributed by atoms with Crippen molar-refractivity contribution >= 4 is 27.5 Å². The van der Waals surface area contributed by atoms with Gasteiger partial charge < -0.3 is 4.74 Å². The normalized spacial score (nSPS) is 11.8. The Morgan fingerprint density at radius 3 is 2.10 bits per heavy atom. The number of rotatable bonds is 5. The molecule has 0 amide bonds. The summed E-state index contributed by atoms with van der Waals surface area (Å²) in [5.41, 5.74) is 0.0272. The molecule has 0 radical (unpaired) electrons. The molecule has 1 N–H and O–H groups in total. The molecule has 0 aromatic heterocycles. The third-order valence-corrected chi connectivity index (χ3v) is 3.20. The maximum Gasteiger partial charge on any atom is 0.338 e. The molecule has 0 bridgehead atoms. The molecule has 6 nitrogen and oxygen atoms in total. The minimum Gasteiger partial charge on any atom is -0.454 e. The van der Waals surface area contributed by atoms with Gasteiger partial charge in [0.1, 0.15) is 0 Å². The highest BCUT2D eigenvalue weighted by molar-refractivity contribution is 7.92. The lowest BCUT2D eigenvalue weighted by atomic mass is 9.91. The summed E-state index contributed by atoms with van der Waals surface area (Å²) in [6.07, 6.45) is 1.04. The molecule has 0 aliphatic heterocycles. The number of sulfonamides is 1. The van der Waals surface area contributed by atoms with Crippen LogP contribution in [-0.4, -0.2) is 33.0 Å². The van der Waals surface area contributed by atoms with Gasteiger partial charge in [0.15, 0.2) is 12.4 Å². The Kier molecular flexibility index (Phi) is 5.11. The van der Waals surface area contributed by atoms with Gasteiger partial charge in [-0.05, 0) is 24.3 Å². The molecule has 0 saturated heterocycles. The predicted molar refractivity (Wildman–Crippen MR) is 79.7 cm³/mol. The number of carbonyl (C=O) groups is 2. The first-order valence-electron chi connectivity index (χ1n) is 6.27. The molecule has 0 unspecified atom stereocenters. The van der Waals surface area contributed by atoms with Crippen LogP contribution in [0, 0.1) is 5.41 Å². The predicted octanol–water partition coefficient (Wildman–Crippen LogP) is 1.83. The Bertz CT molecular complexity index is 626. The van der Waals surface area contributed by atoms with Crippen molar-refractivity contribution in [3.63, 3.8) is 0 Å². The topological polar surface area (TPSA) is 89.5 Å². The average Bonchev–Trinajstić information content (AvgIpc) is 2.33. The van der Waals surface area contributed by atoms with Gasteiger partial charge in [-0.1, -0.05) is 20.8 Å². The van der Waals surface area contributed by atoms with E-state index in [0.717, 1.165) is 6.26 Å². The van der Waals surface area contributed by atoms with Crippen LogP contribution in [0.2, 0.25) is 0 Å². The van der Waals surface area contributed by atoms with Gasteiger partial charge in [0.2, 0.25) is 10.0 Å². The minimum absolute atomic E-state index is 0.175. The van der Waals surface area contributed by atoms with Crippen molar-refractivity contribution in [3.8, 4) is 0 Å². The van der Waals surface area contributed by atoms with Crippen molar-refractivity contribution in [2.45, 2.75) is 20.8 Å². The van der Waals surface area contributed by atoms with E-state index >= 15 is 0 Å². The van der Waals surface area contributed by atoms with E-state index < -0.39 is 21.4 Å². The molecule has 1 rings (SSSR count). The molecule has 1 aromatic rings. The van der Waals surface area contributed by atoms with Crippen LogP contribution >= 0.6 is 0 Å². The smallest absolute Gasteiger partial charge is 0.338 e. The number of hydrogen-bond donors (Lipinski definition) is 1. The van der Waals surface area contributed by atoms with Crippen LogP contribution in [0.5, 0.6) is 0 Å². The maximum atomic E-state index is 11.8. The summed E-state index contributed by atoms with van der Waals surface area (Å²) < 4.78 is 29.3. The van der Waals surface area contributed by atoms with Crippen LogP contribution in [0.15, 0.2) is 24.3 Å². The molecular formula is C14H19NO5S. The molecule has 0 heterocycles. The fraction of sp³-hybridized carbons (Fsp3) is 0.429. The van der Waals surface area contributed by atoms with E-state index in [0.29, 0.717) is 5.69 Å². The molecule has 0 aliphatic rings. The van der Waals surface area contributed by atoms with E-state index in [4.69, 9.17) is 4.74 Å². The molecule has 1 aromatic carbocycles. The first-order chi connectivity index (χ1) is 9.49. The fourth-order valence-corrected chi connectivity index (χ4v) is 1.88. The molecule has 0 atom stereocenters. The molecular weight excluding hydrogens is 294 g/mol. The summed E-state index contributed by atoms with van der Waals surface area (Å²) in [6, 6.07) is 5.75. The van der Waals surface area contributed by atoms with Gasteiger partial charge in [-0.25, -0.2) is 13.2 Å². The van der Waals surface area contributed by atoms with Crippen LogP contribution in [-0.2, 0) is 19.6 Å². The Labute approximate surface area is 124 Å². The minimum atomic E-state index is -3.36. The van der Waals surface area contributed by atoms with E-state index in [1.54, 1.807) is 20.8 Å². The van der Waals surface area contributed by atoms with Gasteiger partial charge in [0, 0.05) is 11.1 Å². The zero-order chi connectivity index (χ0) is 16.3. The van der Waals surface area contributed by atoms with Crippen LogP contribution in [0.3, 0.4) is 0 Å². The van der Waals surface area contributed by atoms with E-state index in [1.165, 1.54) is 24.3 Å². The number of ether oxygens (including phenoxy) is 1. The summed E-state index contributed by atoms with van der Waals surface area (Å²) in [5.74, 6) is -0.801. The van der Waals surface area contributed by atoms with Crippen LogP contribution in [0.4, 0.5) is 5.69 Å². The highest BCUT2D eigenvalue weighted by atomic mass is 32.2. The quantitative estimate of drug-likeness (QED) is 0.838. The average molecular weight is 313 g/mol. The van der Waals surface area contributed by atoms with E-state index in [9.17, 15) is 18.0 Å². The lowest BCUT2D eigenvalue weighted by Gasteiger charge is -2.16. The molecule has 0 saturated carbocycles. The van der Waals surface area contributed by atoms with Gasteiger partial charge in [-0.15, -0.1) is 0 Å². The number of esters is 1. The zero-order valence-electron chi connectivity index (χ0n) is 12.5. The number of anilines is 1. The number of nitrogens with one attached hydrogen (secondary N) is 1. The monoisotopic (exact) mass is 313 g/mol. The third kappa shape index (κ3) is 5.95. The van der Waals surface area contributed by atoms with Gasteiger partial charge in [0.25, 0.3) is 0 Å². The molecule has 0 spiro atoms. The first-order valence-corrected chi connectivity index (χ1v) is 8.16. The number of carbonyl (C=O) groups excluding carboxylic acids is 2. The number of ketones is 1.